The van der Waals surface area contributed by atoms with E-state index in [2.05, 4.69) is 31.3 Å². The summed E-state index contributed by atoms with van der Waals surface area (Å²) in [6.07, 6.45) is 46.0. The van der Waals surface area contributed by atoms with Crippen LogP contribution in [0.15, 0.2) is 24.3 Å². The molecule has 0 bridgehead atoms. The molecule has 0 aromatic carbocycles. The van der Waals surface area contributed by atoms with Gasteiger partial charge >= 0.3 is 0 Å². The number of aliphatic hydroxyl groups excluding tert-OH is 3. The number of hydrogen-bond donors (Lipinski definition) is 4. The fourth-order valence-corrected chi connectivity index (χ4v) is 6.45. The van der Waals surface area contributed by atoms with Crippen molar-refractivity contribution < 1.29 is 20.1 Å². The minimum Gasteiger partial charge on any atom is -0.394 e. The van der Waals surface area contributed by atoms with Gasteiger partial charge in [-0.05, 0) is 44.9 Å². The number of amides is 1. The van der Waals surface area contributed by atoms with Gasteiger partial charge < -0.3 is 20.6 Å². The van der Waals surface area contributed by atoms with Crippen LogP contribution in [0.3, 0.4) is 0 Å². The standard InChI is InChI=1S/C43H83NO4/c1-3-5-7-9-11-13-15-17-19-21-23-25-27-29-31-33-35-37-42(47)41(39-45)44-43(48)38-40(46)36-34-32-30-28-26-24-22-20-18-16-14-12-10-8-6-4-2/h24,26,35,37,40-42,45-47H,3-23,25,27-34,36,38-39H2,1-2H3,(H,44,48)/b26-24-,37-35+. The van der Waals surface area contributed by atoms with Gasteiger partial charge in [0, 0.05) is 0 Å². The minimum atomic E-state index is -0.930. The van der Waals surface area contributed by atoms with Gasteiger partial charge in [-0.15, -0.1) is 0 Å². The van der Waals surface area contributed by atoms with E-state index in [0.717, 1.165) is 38.5 Å². The Bertz CT molecular complexity index is 709. The summed E-state index contributed by atoms with van der Waals surface area (Å²) in [6, 6.07) is -0.746. The fraction of sp³-hybridized carbons (Fsp3) is 0.884. The van der Waals surface area contributed by atoms with Crippen molar-refractivity contribution in [1.82, 2.24) is 5.32 Å². The molecular weight excluding hydrogens is 594 g/mol. The first-order valence-electron chi connectivity index (χ1n) is 21.1. The highest BCUT2D eigenvalue weighted by Crippen LogP contribution is 2.15. The molecule has 5 nitrogen and oxygen atoms in total. The summed E-state index contributed by atoms with van der Waals surface area (Å²) in [7, 11) is 0. The molecule has 0 spiro atoms. The van der Waals surface area contributed by atoms with Crippen LogP contribution in [0.2, 0.25) is 0 Å². The van der Waals surface area contributed by atoms with Crippen LogP contribution < -0.4 is 5.32 Å². The second-order valence-electron chi connectivity index (χ2n) is 14.6. The first-order valence-corrected chi connectivity index (χ1v) is 21.1. The maximum atomic E-state index is 12.4. The van der Waals surface area contributed by atoms with Crippen molar-refractivity contribution in [2.24, 2.45) is 0 Å². The van der Waals surface area contributed by atoms with Crippen molar-refractivity contribution in [3.05, 3.63) is 24.3 Å². The van der Waals surface area contributed by atoms with Crippen molar-refractivity contribution in [2.75, 3.05) is 6.61 Å². The average Bonchev–Trinajstić information content (AvgIpc) is 3.08. The molecule has 3 atom stereocenters. The lowest BCUT2D eigenvalue weighted by Crippen LogP contribution is -2.45. The van der Waals surface area contributed by atoms with Gasteiger partial charge in [-0.3, -0.25) is 4.79 Å². The first kappa shape index (κ1) is 46.8. The Kier molecular flexibility index (Phi) is 37.7. The van der Waals surface area contributed by atoms with Gasteiger partial charge in [-0.2, -0.15) is 0 Å². The third-order valence-corrected chi connectivity index (χ3v) is 9.73. The van der Waals surface area contributed by atoms with E-state index in [9.17, 15) is 20.1 Å². The van der Waals surface area contributed by atoms with Crippen molar-refractivity contribution >= 4 is 5.91 Å². The number of rotatable bonds is 38. The lowest BCUT2D eigenvalue weighted by molar-refractivity contribution is -0.124. The van der Waals surface area contributed by atoms with E-state index in [1.54, 1.807) is 6.08 Å². The Labute approximate surface area is 299 Å². The van der Waals surface area contributed by atoms with E-state index in [1.165, 1.54) is 154 Å². The van der Waals surface area contributed by atoms with Crippen molar-refractivity contribution in [3.63, 3.8) is 0 Å². The number of allylic oxidation sites excluding steroid dienone is 3. The van der Waals surface area contributed by atoms with Crippen LogP contribution in [0.25, 0.3) is 0 Å². The molecule has 4 N–H and O–H groups in total. The van der Waals surface area contributed by atoms with E-state index in [1.807, 2.05) is 6.08 Å². The molecule has 0 radical (unpaired) electrons. The van der Waals surface area contributed by atoms with Gasteiger partial charge in [-0.1, -0.05) is 192 Å². The quantitative estimate of drug-likeness (QED) is 0.0387. The summed E-state index contributed by atoms with van der Waals surface area (Å²) in [5.41, 5.74) is 0. The normalized spacial score (nSPS) is 13.9. The number of carbonyl (C=O) groups excluding carboxylic acids is 1. The van der Waals surface area contributed by atoms with Gasteiger partial charge in [-0.25, -0.2) is 0 Å². The molecule has 0 aliphatic rings. The lowest BCUT2D eigenvalue weighted by Gasteiger charge is -2.21. The van der Waals surface area contributed by atoms with Crippen molar-refractivity contribution in [3.8, 4) is 0 Å². The third-order valence-electron chi connectivity index (χ3n) is 9.73. The zero-order valence-corrected chi connectivity index (χ0v) is 32.1. The average molecular weight is 678 g/mol. The maximum Gasteiger partial charge on any atom is 0.222 e. The van der Waals surface area contributed by atoms with E-state index in [4.69, 9.17) is 0 Å². The predicted molar refractivity (Wildman–Crippen MR) is 208 cm³/mol. The smallest absolute Gasteiger partial charge is 0.222 e. The Morgan fingerprint density at radius 3 is 1.27 bits per heavy atom. The largest absolute Gasteiger partial charge is 0.394 e. The van der Waals surface area contributed by atoms with Crippen LogP contribution in [0.4, 0.5) is 0 Å². The number of nitrogens with one attached hydrogen (secondary N) is 1. The summed E-state index contributed by atoms with van der Waals surface area (Å²) >= 11 is 0. The monoisotopic (exact) mass is 678 g/mol. The summed E-state index contributed by atoms with van der Waals surface area (Å²) in [4.78, 5) is 12.4. The molecular formula is C43H83NO4. The van der Waals surface area contributed by atoms with Crippen LogP contribution in [-0.2, 0) is 4.79 Å². The molecule has 3 unspecified atom stereocenters. The number of carbonyl (C=O) groups is 1. The van der Waals surface area contributed by atoms with Crippen LogP contribution in [0, 0.1) is 0 Å². The van der Waals surface area contributed by atoms with Gasteiger partial charge in [0.15, 0.2) is 0 Å². The highest BCUT2D eigenvalue weighted by atomic mass is 16.3. The Balaban J connectivity index is 3.70. The van der Waals surface area contributed by atoms with Gasteiger partial charge in [0.1, 0.15) is 0 Å². The summed E-state index contributed by atoms with van der Waals surface area (Å²) in [5.74, 6) is -0.323. The molecule has 0 saturated carbocycles. The van der Waals surface area contributed by atoms with E-state index in [0.29, 0.717) is 6.42 Å². The molecule has 1 amide bonds. The zero-order valence-electron chi connectivity index (χ0n) is 32.1. The summed E-state index contributed by atoms with van der Waals surface area (Å²) in [5, 5.41) is 33.2. The first-order chi connectivity index (χ1) is 23.5. The molecule has 48 heavy (non-hydrogen) atoms. The van der Waals surface area contributed by atoms with Crippen LogP contribution >= 0.6 is 0 Å². The summed E-state index contributed by atoms with van der Waals surface area (Å²) in [6.45, 7) is 4.21. The third kappa shape index (κ3) is 34.7. The molecule has 5 heteroatoms. The van der Waals surface area contributed by atoms with Crippen molar-refractivity contribution in [1.29, 1.82) is 0 Å². The number of unbranched alkanes of at least 4 members (excludes halogenated alkanes) is 27. The van der Waals surface area contributed by atoms with Crippen LogP contribution in [0.5, 0.6) is 0 Å². The van der Waals surface area contributed by atoms with E-state index < -0.39 is 18.2 Å². The lowest BCUT2D eigenvalue weighted by atomic mass is 10.0. The SMILES string of the molecule is CCCCCCCCCCC/C=C\CCCCCC(O)CC(=O)NC(CO)C(O)/C=C/CCCCCCCCCCCCCCCCC. The molecule has 0 rings (SSSR count). The predicted octanol–water partition coefficient (Wildman–Crippen LogP) is 11.8. The number of aliphatic hydroxyl groups is 3. The Morgan fingerprint density at radius 2 is 0.875 bits per heavy atom. The number of hydrogen-bond acceptors (Lipinski definition) is 4. The molecule has 0 saturated heterocycles. The van der Waals surface area contributed by atoms with E-state index >= 15 is 0 Å². The fourth-order valence-electron chi connectivity index (χ4n) is 6.45. The molecule has 0 aromatic rings. The second kappa shape index (κ2) is 38.6. The highest BCUT2D eigenvalue weighted by molar-refractivity contribution is 5.76. The Morgan fingerprint density at radius 1 is 0.521 bits per heavy atom. The van der Waals surface area contributed by atoms with E-state index in [-0.39, 0.29) is 18.9 Å². The molecule has 0 heterocycles. The van der Waals surface area contributed by atoms with Gasteiger partial charge in [0.05, 0.1) is 31.3 Å². The molecule has 0 aromatic heterocycles. The van der Waals surface area contributed by atoms with Crippen LogP contribution in [0.1, 0.15) is 219 Å². The summed E-state index contributed by atoms with van der Waals surface area (Å²) < 4.78 is 0. The molecule has 284 valence electrons. The van der Waals surface area contributed by atoms with Gasteiger partial charge in [0.25, 0.3) is 0 Å². The highest BCUT2D eigenvalue weighted by Gasteiger charge is 2.20. The molecule has 0 aliphatic heterocycles. The van der Waals surface area contributed by atoms with Crippen molar-refractivity contribution in [2.45, 2.75) is 238 Å². The topological polar surface area (TPSA) is 89.8 Å². The van der Waals surface area contributed by atoms with Crippen LogP contribution in [-0.4, -0.2) is 46.1 Å². The zero-order chi connectivity index (χ0) is 35.2. The molecule has 0 aliphatic carbocycles. The van der Waals surface area contributed by atoms with Gasteiger partial charge in [0.2, 0.25) is 5.91 Å². The minimum absolute atomic E-state index is 0.00466. The second-order valence-corrected chi connectivity index (χ2v) is 14.6. The molecule has 0 fully saturated rings. The maximum absolute atomic E-state index is 12.4. The Hall–Kier alpha value is -1.17.